The maximum atomic E-state index is 11.9. The number of amides is 1. The number of nitrogens with two attached hydrogens (primary N) is 1. The molecule has 1 saturated heterocycles. The summed E-state index contributed by atoms with van der Waals surface area (Å²) in [4.78, 5) is 30.5. The van der Waals surface area contributed by atoms with E-state index in [2.05, 4.69) is 64.2 Å². The Labute approximate surface area is 196 Å². The second-order valence-electron chi connectivity index (χ2n) is 8.66. The molecule has 4 N–H and O–H groups in total. The highest BCUT2D eigenvalue weighted by Crippen LogP contribution is 2.31. The normalized spacial score (nSPS) is 15.6. The molecule has 0 spiro atoms. The van der Waals surface area contributed by atoms with Crippen LogP contribution in [0.15, 0.2) is 30.9 Å². The van der Waals surface area contributed by atoms with Crippen LogP contribution in [0.2, 0.25) is 0 Å². The largest absolute Gasteiger partial charge is 0.368 e. The zero-order valence-corrected chi connectivity index (χ0v) is 19.3. The Hall–Kier alpha value is -4.39. The molecule has 1 atom stereocenters. The highest BCUT2D eigenvalue weighted by molar-refractivity contribution is 5.95. The third-order valence-electron chi connectivity index (χ3n) is 6.52. The van der Waals surface area contributed by atoms with Crippen molar-refractivity contribution in [3.05, 3.63) is 53.1 Å². The first kappa shape index (κ1) is 21.5. The second kappa shape index (κ2) is 8.19. The van der Waals surface area contributed by atoms with Crippen molar-refractivity contribution in [1.29, 1.82) is 5.26 Å². The molecule has 10 nitrogen and oxygen atoms in total. The number of aromatic amines is 1. The lowest BCUT2D eigenvalue weighted by Crippen LogP contribution is -2.41. The van der Waals surface area contributed by atoms with Gasteiger partial charge in [0, 0.05) is 18.4 Å². The number of imidazole rings is 1. The van der Waals surface area contributed by atoms with Crippen molar-refractivity contribution < 1.29 is 4.79 Å². The van der Waals surface area contributed by atoms with Crippen molar-refractivity contribution in [3.63, 3.8) is 0 Å². The van der Waals surface area contributed by atoms with Gasteiger partial charge in [0.15, 0.2) is 0 Å². The second-order valence-corrected chi connectivity index (χ2v) is 8.66. The molecule has 1 fully saturated rings. The number of aryl methyl sites for hydroxylation is 2. The maximum Gasteiger partial charge on any atom is 0.240 e. The van der Waals surface area contributed by atoms with Crippen LogP contribution >= 0.6 is 0 Å². The van der Waals surface area contributed by atoms with E-state index in [9.17, 15) is 10.1 Å². The van der Waals surface area contributed by atoms with Gasteiger partial charge in [0.1, 0.15) is 35.7 Å². The molecule has 0 aliphatic carbocycles. The smallest absolute Gasteiger partial charge is 0.240 e. The molecule has 10 heteroatoms. The first-order valence-corrected chi connectivity index (χ1v) is 11.1. The average molecular weight is 456 g/mol. The molecule has 1 aliphatic heterocycles. The van der Waals surface area contributed by atoms with Gasteiger partial charge in [-0.15, -0.1) is 0 Å². The monoisotopic (exact) mass is 455 g/mol. The number of carbonyl (C=O) groups is 1. The van der Waals surface area contributed by atoms with E-state index < -0.39 is 11.9 Å². The standard InChI is InChI=1S/C24H25N9O/c1-13-7-17(8-14(2)15(13)3)32-11-19(28-12-32)29-23-20-16(9-25)10-27-22(20)30-24(31-23)33-6-4-5-18(33)21(26)34/h7-8,10-12,18H,4-6H2,1-3H3,(H2,26,34)(H2,27,29,30,31)/t18-/m0/s1. The first-order valence-electron chi connectivity index (χ1n) is 11.1. The van der Waals surface area contributed by atoms with Crippen molar-refractivity contribution in [2.45, 2.75) is 39.7 Å². The van der Waals surface area contributed by atoms with Gasteiger partial charge in [-0.25, -0.2) is 4.98 Å². The maximum absolute atomic E-state index is 11.9. The van der Waals surface area contributed by atoms with Gasteiger partial charge in [0.25, 0.3) is 0 Å². The Morgan fingerprint density at radius 3 is 2.74 bits per heavy atom. The zero-order valence-electron chi connectivity index (χ0n) is 19.3. The molecule has 4 heterocycles. The molecule has 1 amide bonds. The Balaban J connectivity index is 1.54. The Morgan fingerprint density at radius 2 is 2.03 bits per heavy atom. The number of nitriles is 1. The SMILES string of the molecule is Cc1cc(-n2cnc(Nc3nc(N4CCC[C@H]4C(N)=O)nc4[nH]cc(C#N)c34)c2)cc(C)c1C. The van der Waals surface area contributed by atoms with Gasteiger partial charge in [0.2, 0.25) is 11.9 Å². The van der Waals surface area contributed by atoms with Crippen molar-refractivity contribution in [2.24, 2.45) is 5.73 Å². The van der Waals surface area contributed by atoms with E-state index in [0.29, 0.717) is 47.1 Å². The third-order valence-corrected chi connectivity index (χ3v) is 6.52. The molecule has 0 radical (unpaired) electrons. The minimum absolute atomic E-state index is 0.381. The van der Waals surface area contributed by atoms with E-state index in [0.717, 1.165) is 12.1 Å². The molecular formula is C24H25N9O. The van der Waals surface area contributed by atoms with E-state index in [1.54, 1.807) is 12.5 Å². The number of benzene rings is 1. The first-order chi connectivity index (χ1) is 16.4. The minimum atomic E-state index is -0.456. The minimum Gasteiger partial charge on any atom is -0.368 e. The zero-order chi connectivity index (χ0) is 24.0. The molecule has 34 heavy (non-hydrogen) atoms. The number of H-pyrrole nitrogens is 1. The van der Waals surface area contributed by atoms with E-state index in [1.165, 1.54) is 16.7 Å². The molecule has 5 rings (SSSR count). The van der Waals surface area contributed by atoms with Gasteiger partial charge >= 0.3 is 0 Å². The number of primary amides is 1. The van der Waals surface area contributed by atoms with Gasteiger partial charge in [-0.05, 0) is 62.4 Å². The number of aromatic nitrogens is 5. The van der Waals surface area contributed by atoms with Crippen molar-refractivity contribution >= 4 is 34.5 Å². The molecule has 0 unspecified atom stereocenters. The summed E-state index contributed by atoms with van der Waals surface area (Å²) in [6.07, 6.45) is 6.69. The van der Waals surface area contributed by atoms with Crippen LogP contribution in [-0.2, 0) is 4.79 Å². The summed E-state index contributed by atoms with van der Waals surface area (Å²) >= 11 is 0. The summed E-state index contributed by atoms with van der Waals surface area (Å²) in [5, 5.41) is 13.4. The third kappa shape index (κ3) is 3.61. The van der Waals surface area contributed by atoms with Crippen molar-refractivity contribution in [1.82, 2.24) is 24.5 Å². The number of rotatable bonds is 5. The van der Waals surface area contributed by atoms with Crippen LogP contribution in [0.4, 0.5) is 17.6 Å². The predicted octanol–water partition coefficient (Wildman–Crippen LogP) is 3.14. The number of carbonyl (C=O) groups excluding carboxylic acids is 1. The molecule has 0 saturated carbocycles. The van der Waals surface area contributed by atoms with Crippen LogP contribution in [0.5, 0.6) is 0 Å². The van der Waals surface area contributed by atoms with Crippen LogP contribution in [0.3, 0.4) is 0 Å². The summed E-state index contributed by atoms with van der Waals surface area (Å²) in [6, 6.07) is 5.96. The fourth-order valence-corrected chi connectivity index (χ4v) is 4.44. The summed E-state index contributed by atoms with van der Waals surface area (Å²) in [7, 11) is 0. The molecule has 1 aliphatic rings. The number of nitrogens with zero attached hydrogens (tertiary/aromatic N) is 6. The lowest BCUT2D eigenvalue weighted by Gasteiger charge is -2.22. The number of nitrogens with one attached hydrogen (secondary N) is 2. The van der Waals surface area contributed by atoms with Crippen LogP contribution in [0.25, 0.3) is 16.7 Å². The van der Waals surface area contributed by atoms with Gasteiger partial charge in [-0.2, -0.15) is 15.2 Å². The number of hydrogen-bond acceptors (Lipinski definition) is 7. The van der Waals surface area contributed by atoms with Gasteiger partial charge < -0.3 is 25.5 Å². The quantitative estimate of drug-likeness (QED) is 0.420. The Morgan fingerprint density at radius 1 is 1.26 bits per heavy atom. The van der Waals surface area contributed by atoms with Crippen LogP contribution < -0.4 is 16.0 Å². The molecule has 172 valence electrons. The Bertz CT molecular complexity index is 1440. The number of hydrogen-bond donors (Lipinski definition) is 3. The topological polar surface area (TPSA) is 142 Å². The number of fused-ring (bicyclic) bond motifs is 1. The lowest BCUT2D eigenvalue weighted by molar-refractivity contribution is -0.119. The fourth-order valence-electron chi connectivity index (χ4n) is 4.44. The Kier molecular flexibility index (Phi) is 5.17. The predicted molar refractivity (Wildman–Crippen MR) is 129 cm³/mol. The van der Waals surface area contributed by atoms with Crippen LogP contribution in [0, 0.1) is 32.1 Å². The fraction of sp³-hybridized carbons (Fsp3) is 0.292. The molecule has 0 bridgehead atoms. The van der Waals surface area contributed by atoms with E-state index in [4.69, 9.17) is 5.73 Å². The summed E-state index contributed by atoms with van der Waals surface area (Å²) in [5.41, 5.74) is 11.2. The van der Waals surface area contributed by atoms with Crippen molar-refractivity contribution in [3.8, 4) is 11.8 Å². The highest BCUT2D eigenvalue weighted by Gasteiger charge is 2.32. The number of anilines is 3. The van der Waals surface area contributed by atoms with Gasteiger partial charge in [-0.1, -0.05) is 0 Å². The van der Waals surface area contributed by atoms with E-state index >= 15 is 0 Å². The average Bonchev–Trinajstić information content (AvgIpc) is 3.55. The van der Waals surface area contributed by atoms with Gasteiger partial charge in [0.05, 0.1) is 17.1 Å². The van der Waals surface area contributed by atoms with Crippen LogP contribution in [0.1, 0.15) is 35.1 Å². The molecule has 1 aromatic carbocycles. The highest BCUT2D eigenvalue weighted by atomic mass is 16.1. The summed E-state index contributed by atoms with van der Waals surface area (Å²) in [6.45, 7) is 6.92. The van der Waals surface area contributed by atoms with Crippen molar-refractivity contribution in [2.75, 3.05) is 16.8 Å². The molecule has 4 aromatic rings. The summed E-state index contributed by atoms with van der Waals surface area (Å²) in [5.74, 6) is 0.989. The van der Waals surface area contributed by atoms with Crippen LogP contribution in [-0.4, -0.2) is 43.0 Å². The van der Waals surface area contributed by atoms with E-state index in [1.807, 2.05) is 15.7 Å². The lowest BCUT2D eigenvalue weighted by atomic mass is 10.0. The van der Waals surface area contributed by atoms with E-state index in [-0.39, 0.29) is 0 Å². The summed E-state index contributed by atoms with van der Waals surface area (Å²) < 4.78 is 1.94. The molecule has 3 aromatic heterocycles. The van der Waals surface area contributed by atoms with Gasteiger partial charge in [-0.3, -0.25) is 4.79 Å². The molecular weight excluding hydrogens is 430 g/mol.